The highest BCUT2D eigenvalue weighted by Crippen LogP contribution is 2.17. The van der Waals surface area contributed by atoms with Crippen LogP contribution >= 0.6 is 0 Å². The van der Waals surface area contributed by atoms with E-state index in [2.05, 4.69) is 19.7 Å². The van der Waals surface area contributed by atoms with Crippen LogP contribution in [0.2, 0.25) is 0 Å². The Balaban J connectivity index is 3.96. The first kappa shape index (κ1) is 15.7. The second kappa shape index (κ2) is 7.85. The van der Waals surface area contributed by atoms with E-state index in [-0.39, 0.29) is 12.0 Å². The minimum absolute atomic E-state index is 0.150. The molecule has 0 saturated heterocycles. The molecule has 3 heteroatoms. The smallest absolute Gasteiger partial charge is 0.330 e. The molecule has 0 aliphatic heterocycles. The summed E-state index contributed by atoms with van der Waals surface area (Å²) in [6.45, 7) is 17.7. The highest BCUT2D eigenvalue weighted by Gasteiger charge is 2.12. The Hall–Kier alpha value is -1.35. The average Bonchev–Trinajstić information content (AvgIpc) is 2.22. The van der Waals surface area contributed by atoms with Crippen LogP contribution in [0.1, 0.15) is 20.8 Å². The van der Waals surface area contributed by atoms with Gasteiger partial charge in [0.2, 0.25) is 0 Å². The van der Waals surface area contributed by atoms with Crippen molar-refractivity contribution in [1.29, 1.82) is 0 Å². The van der Waals surface area contributed by atoms with E-state index in [4.69, 9.17) is 9.47 Å². The number of ether oxygens (including phenoxy) is 2. The maximum Gasteiger partial charge on any atom is 0.330 e. The molecule has 96 valence electrons. The number of carbonyl (C=O) groups is 1. The van der Waals surface area contributed by atoms with Crippen LogP contribution in [0.3, 0.4) is 0 Å². The summed E-state index contributed by atoms with van der Waals surface area (Å²) in [5.74, 6) is -0.283. The summed E-state index contributed by atoms with van der Waals surface area (Å²) >= 11 is 0. The van der Waals surface area contributed by atoms with Gasteiger partial charge in [-0.25, -0.2) is 4.79 Å². The van der Waals surface area contributed by atoms with Gasteiger partial charge in [-0.05, 0) is 20.8 Å². The number of hydrogen-bond donors (Lipinski definition) is 0. The van der Waals surface area contributed by atoms with Crippen molar-refractivity contribution in [2.45, 2.75) is 26.9 Å². The third kappa shape index (κ3) is 6.74. The second-order valence-electron chi connectivity index (χ2n) is 4.23. The molecule has 0 spiro atoms. The van der Waals surface area contributed by atoms with E-state index in [1.807, 2.05) is 13.8 Å². The van der Waals surface area contributed by atoms with E-state index in [9.17, 15) is 4.79 Å². The van der Waals surface area contributed by atoms with Gasteiger partial charge in [0.25, 0.3) is 0 Å². The van der Waals surface area contributed by atoms with Gasteiger partial charge in [-0.15, -0.1) is 0 Å². The van der Waals surface area contributed by atoms with Gasteiger partial charge in [0.05, 0.1) is 13.2 Å². The second-order valence-corrected chi connectivity index (χ2v) is 4.23. The molecule has 0 aliphatic carbocycles. The first-order valence-electron chi connectivity index (χ1n) is 5.60. The summed E-state index contributed by atoms with van der Waals surface area (Å²) < 4.78 is 10.5. The lowest BCUT2D eigenvalue weighted by atomic mass is 9.96. The third-order valence-corrected chi connectivity index (χ3v) is 2.31. The van der Waals surface area contributed by atoms with Gasteiger partial charge in [0, 0.05) is 12.0 Å². The predicted octanol–water partition coefficient (Wildman–Crippen LogP) is 2.89. The molecular formula is C14H22O3. The zero-order chi connectivity index (χ0) is 13.4. The molecule has 0 aromatic rings. The minimum atomic E-state index is -0.433. The van der Waals surface area contributed by atoms with Crippen molar-refractivity contribution in [2.24, 2.45) is 5.92 Å². The molecule has 0 aromatic carbocycles. The molecule has 0 aliphatic rings. The molecule has 0 heterocycles. The SMILES string of the molecule is C=CC(=O)OC(C)COCC(C(=C)C)C(=C)C. The Morgan fingerprint density at radius 1 is 1.24 bits per heavy atom. The largest absolute Gasteiger partial charge is 0.457 e. The molecule has 0 rings (SSSR count). The van der Waals surface area contributed by atoms with Crippen molar-refractivity contribution >= 4 is 5.97 Å². The highest BCUT2D eigenvalue weighted by atomic mass is 16.6. The summed E-state index contributed by atoms with van der Waals surface area (Å²) in [6.07, 6.45) is 0.859. The molecule has 1 atom stereocenters. The van der Waals surface area contributed by atoms with E-state index in [1.54, 1.807) is 6.92 Å². The summed E-state index contributed by atoms with van der Waals surface area (Å²) in [5.41, 5.74) is 2.04. The van der Waals surface area contributed by atoms with Crippen molar-refractivity contribution in [3.05, 3.63) is 37.0 Å². The van der Waals surface area contributed by atoms with Gasteiger partial charge in [-0.3, -0.25) is 0 Å². The number of hydrogen-bond acceptors (Lipinski definition) is 3. The highest BCUT2D eigenvalue weighted by molar-refractivity contribution is 5.81. The topological polar surface area (TPSA) is 35.5 Å². The summed E-state index contributed by atoms with van der Waals surface area (Å²) in [6, 6.07) is 0. The van der Waals surface area contributed by atoms with Crippen molar-refractivity contribution in [3.63, 3.8) is 0 Å². The van der Waals surface area contributed by atoms with Gasteiger partial charge in [-0.1, -0.05) is 30.9 Å². The molecular weight excluding hydrogens is 216 g/mol. The third-order valence-electron chi connectivity index (χ3n) is 2.31. The minimum Gasteiger partial charge on any atom is -0.457 e. The number of esters is 1. The number of carbonyl (C=O) groups excluding carboxylic acids is 1. The van der Waals surface area contributed by atoms with Crippen molar-refractivity contribution in [2.75, 3.05) is 13.2 Å². The van der Waals surface area contributed by atoms with Crippen LogP contribution in [0, 0.1) is 5.92 Å². The van der Waals surface area contributed by atoms with Crippen molar-refractivity contribution < 1.29 is 14.3 Å². The Morgan fingerprint density at radius 3 is 2.18 bits per heavy atom. The fourth-order valence-corrected chi connectivity index (χ4v) is 1.34. The Labute approximate surface area is 104 Å². The molecule has 0 aromatic heterocycles. The maximum absolute atomic E-state index is 10.9. The zero-order valence-electron chi connectivity index (χ0n) is 11.0. The fourth-order valence-electron chi connectivity index (χ4n) is 1.34. The predicted molar refractivity (Wildman–Crippen MR) is 69.7 cm³/mol. The van der Waals surface area contributed by atoms with Crippen LogP contribution in [0.5, 0.6) is 0 Å². The van der Waals surface area contributed by atoms with Gasteiger partial charge >= 0.3 is 5.97 Å². The van der Waals surface area contributed by atoms with Crippen LogP contribution in [-0.2, 0) is 14.3 Å². The van der Waals surface area contributed by atoms with E-state index < -0.39 is 5.97 Å². The van der Waals surface area contributed by atoms with Crippen molar-refractivity contribution in [1.82, 2.24) is 0 Å². The van der Waals surface area contributed by atoms with Crippen LogP contribution in [0.25, 0.3) is 0 Å². The van der Waals surface area contributed by atoms with E-state index in [1.165, 1.54) is 0 Å². The average molecular weight is 238 g/mol. The fraction of sp³-hybridized carbons (Fsp3) is 0.500. The van der Waals surface area contributed by atoms with Gasteiger partial charge in [0.15, 0.2) is 0 Å². The van der Waals surface area contributed by atoms with Gasteiger partial charge < -0.3 is 9.47 Å². The molecule has 1 unspecified atom stereocenters. The molecule has 0 bridgehead atoms. The lowest BCUT2D eigenvalue weighted by Gasteiger charge is -2.19. The van der Waals surface area contributed by atoms with Crippen LogP contribution in [0.15, 0.2) is 37.0 Å². The van der Waals surface area contributed by atoms with Gasteiger partial charge in [-0.2, -0.15) is 0 Å². The van der Waals surface area contributed by atoms with Crippen LogP contribution in [0.4, 0.5) is 0 Å². The van der Waals surface area contributed by atoms with E-state index in [0.717, 1.165) is 17.2 Å². The number of rotatable bonds is 8. The lowest BCUT2D eigenvalue weighted by Crippen LogP contribution is -2.22. The summed E-state index contributed by atoms with van der Waals surface area (Å²) in [5, 5.41) is 0. The molecule has 17 heavy (non-hydrogen) atoms. The molecule has 0 fully saturated rings. The zero-order valence-corrected chi connectivity index (χ0v) is 11.0. The quantitative estimate of drug-likeness (QED) is 0.370. The van der Waals surface area contributed by atoms with Gasteiger partial charge in [0.1, 0.15) is 6.10 Å². The Kier molecular flexibility index (Phi) is 7.22. The first-order valence-corrected chi connectivity index (χ1v) is 5.60. The monoisotopic (exact) mass is 238 g/mol. The maximum atomic E-state index is 10.9. The first-order chi connectivity index (χ1) is 7.88. The summed E-state index contributed by atoms with van der Waals surface area (Å²) in [7, 11) is 0. The van der Waals surface area contributed by atoms with E-state index in [0.29, 0.717) is 13.2 Å². The Morgan fingerprint density at radius 2 is 1.76 bits per heavy atom. The molecule has 0 saturated carbocycles. The molecule has 3 nitrogen and oxygen atoms in total. The Bertz CT molecular complexity index is 291. The normalized spacial score (nSPS) is 12.0. The van der Waals surface area contributed by atoms with E-state index >= 15 is 0 Å². The standard InChI is InChI=1S/C14H22O3/c1-7-14(15)17-12(6)8-16-9-13(10(2)3)11(4)5/h7,12-13H,1-2,4,8-9H2,3,5-6H3. The van der Waals surface area contributed by atoms with Crippen molar-refractivity contribution in [3.8, 4) is 0 Å². The molecule has 0 radical (unpaired) electrons. The molecule has 0 amide bonds. The summed E-state index contributed by atoms with van der Waals surface area (Å²) in [4.78, 5) is 10.9. The molecule has 0 N–H and O–H groups in total. The lowest BCUT2D eigenvalue weighted by molar-refractivity contribution is -0.145. The van der Waals surface area contributed by atoms with Crippen LogP contribution in [-0.4, -0.2) is 25.3 Å². The van der Waals surface area contributed by atoms with Crippen LogP contribution < -0.4 is 0 Å².